The SMILES string of the molecule is NC(=NNc1ccccc1)C(F)(F)F. The largest absolute Gasteiger partial charge is 0.450 e. The Kier molecular flexibility index (Phi) is 2.95. The van der Waals surface area contributed by atoms with E-state index < -0.39 is 12.0 Å². The smallest absolute Gasteiger partial charge is 0.378 e. The van der Waals surface area contributed by atoms with Crippen LogP contribution in [0.3, 0.4) is 0 Å². The molecule has 0 fully saturated rings. The number of halogens is 3. The molecule has 14 heavy (non-hydrogen) atoms. The van der Waals surface area contributed by atoms with Crippen LogP contribution in [0, 0.1) is 0 Å². The predicted molar refractivity (Wildman–Crippen MR) is 47.7 cm³/mol. The van der Waals surface area contributed by atoms with E-state index in [1.54, 1.807) is 30.3 Å². The lowest BCUT2D eigenvalue weighted by molar-refractivity contribution is -0.0599. The number of rotatable bonds is 2. The van der Waals surface area contributed by atoms with Crippen molar-refractivity contribution >= 4 is 11.5 Å². The molecule has 0 bridgehead atoms. The van der Waals surface area contributed by atoms with Gasteiger partial charge in [0.25, 0.3) is 0 Å². The average Bonchev–Trinajstić information content (AvgIpc) is 2.14. The van der Waals surface area contributed by atoms with Gasteiger partial charge in [-0.05, 0) is 12.1 Å². The van der Waals surface area contributed by atoms with Crippen molar-refractivity contribution < 1.29 is 13.2 Å². The van der Waals surface area contributed by atoms with Gasteiger partial charge in [0.1, 0.15) is 0 Å². The Morgan fingerprint density at radius 2 is 1.79 bits per heavy atom. The Morgan fingerprint density at radius 1 is 1.21 bits per heavy atom. The number of hydrogen-bond donors (Lipinski definition) is 2. The Balaban J connectivity index is 2.65. The Morgan fingerprint density at radius 3 is 2.29 bits per heavy atom. The van der Waals surface area contributed by atoms with Crippen LogP contribution in [0.15, 0.2) is 35.4 Å². The third-order valence-corrected chi connectivity index (χ3v) is 1.37. The van der Waals surface area contributed by atoms with E-state index in [1.165, 1.54) is 0 Å². The maximum Gasteiger partial charge on any atom is 0.450 e. The number of hydrazone groups is 1. The van der Waals surface area contributed by atoms with E-state index in [0.717, 1.165) is 0 Å². The number of nitrogens with two attached hydrogens (primary N) is 1. The van der Waals surface area contributed by atoms with Gasteiger partial charge in [-0.15, -0.1) is 0 Å². The highest BCUT2D eigenvalue weighted by Crippen LogP contribution is 2.14. The highest BCUT2D eigenvalue weighted by molar-refractivity contribution is 5.86. The Labute approximate surface area is 78.4 Å². The van der Waals surface area contributed by atoms with E-state index in [-0.39, 0.29) is 0 Å². The molecular weight excluding hydrogens is 195 g/mol. The molecule has 1 aromatic carbocycles. The van der Waals surface area contributed by atoms with Crippen LogP contribution in [0.2, 0.25) is 0 Å². The fourth-order valence-electron chi connectivity index (χ4n) is 0.701. The lowest BCUT2D eigenvalue weighted by Gasteiger charge is -2.05. The maximum absolute atomic E-state index is 11.9. The molecule has 0 radical (unpaired) electrons. The molecule has 0 saturated carbocycles. The summed E-state index contributed by atoms with van der Waals surface area (Å²) in [5.74, 6) is -1.40. The van der Waals surface area contributed by atoms with E-state index in [9.17, 15) is 13.2 Å². The van der Waals surface area contributed by atoms with Crippen LogP contribution in [0.4, 0.5) is 18.9 Å². The monoisotopic (exact) mass is 203 g/mol. The Bertz CT molecular complexity index is 318. The zero-order valence-electron chi connectivity index (χ0n) is 7.05. The van der Waals surface area contributed by atoms with Gasteiger partial charge in [-0.2, -0.15) is 18.3 Å². The molecule has 0 heterocycles. The molecule has 1 aromatic rings. The minimum absolute atomic E-state index is 0.444. The molecule has 0 spiro atoms. The second-order valence-electron chi connectivity index (χ2n) is 2.47. The first kappa shape index (κ1) is 10.4. The summed E-state index contributed by atoms with van der Waals surface area (Å²) in [6.45, 7) is 0. The highest BCUT2D eigenvalue weighted by Gasteiger charge is 2.33. The molecule has 0 aliphatic carbocycles. The second-order valence-corrected chi connectivity index (χ2v) is 2.47. The minimum atomic E-state index is -4.60. The zero-order valence-corrected chi connectivity index (χ0v) is 7.05. The quantitative estimate of drug-likeness (QED) is 0.438. The molecule has 0 aromatic heterocycles. The standard InChI is InChI=1S/C8H8F3N3/c9-8(10,11)7(12)14-13-6-4-2-1-3-5-6/h1-5,13H,(H2,12,14). The molecule has 1 rings (SSSR count). The van der Waals surface area contributed by atoms with Gasteiger partial charge < -0.3 is 5.73 Å². The first-order valence-electron chi connectivity index (χ1n) is 3.71. The molecule has 0 saturated heterocycles. The molecular formula is C8H8F3N3. The van der Waals surface area contributed by atoms with Gasteiger partial charge in [0.05, 0.1) is 5.69 Å². The molecule has 0 aliphatic rings. The van der Waals surface area contributed by atoms with Crippen LogP contribution in [0.5, 0.6) is 0 Å². The van der Waals surface area contributed by atoms with Crippen molar-refractivity contribution in [3.8, 4) is 0 Å². The third kappa shape index (κ3) is 2.96. The van der Waals surface area contributed by atoms with Gasteiger partial charge in [0.2, 0.25) is 5.84 Å². The third-order valence-electron chi connectivity index (χ3n) is 1.37. The van der Waals surface area contributed by atoms with Gasteiger partial charge >= 0.3 is 6.18 Å². The zero-order chi connectivity index (χ0) is 10.6. The number of benzene rings is 1. The average molecular weight is 203 g/mol. The molecule has 0 unspecified atom stereocenters. The summed E-state index contributed by atoms with van der Waals surface area (Å²) in [4.78, 5) is 0. The summed E-state index contributed by atoms with van der Waals surface area (Å²) >= 11 is 0. The van der Waals surface area contributed by atoms with Crippen LogP contribution >= 0.6 is 0 Å². The molecule has 0 atom stereocenters. The second kappa shape index (κ2) is 3.99. The van der Waals surface area contributed by atoms with Crippen molar-refractivity contribution in [2.24, 2.45) is 10.8 Å². The Hall–Kier alpha value is -1.72. The van der Waals surface area contributed by atoms with Gasteiger partial charge in [-0.1, -0.05) is 18.2 Å². The summed E-state index contributed by atoms with van der Waals surface area (Å²) in [6, 6.07) is 8.23. The molecule has 76 valence electrons. The highest BCUT2D eigenvalue weighted by atomic mass is 19.4. The molecule has 6 heteroatoms. The van der Waals surface area contributed by atoms with Crippen molar-refractivity contribution in [2.75, 3.05) is 5.43 Å². The van der Waals surface area contributed by atoms with Crippen LogP contribution < -0.4 is 11.2 Å². The van der Waals surface area contributed by atoms with Crippen LogP contribution in [-0.4, -0.2) is 12.0 Å². The number of alkyl halides is 3. The molecule has 3 N–H and O–H groups in total. The van der Waals surface area contributed by atoms with Crippen molar-refractivity contribution in [2.45, 2.75) is 6.18 Å². The summed E-state index contributed by atoms with van der Waals surface area (Å²) in [7, 11) is 0. The molecule has 0 aliphatic heterocycles. The number of amidine groups is 1. The van der Waals surface area contributed by atoms with Crippen molar-refractivity contribution in [1.29, 1.82) is 0 Å². The lowest BCUT2D eigenvalue weighted by atomic mass is 10.3. The fourth-order valence-corrected chi connectivity index (χ4v) is 0.701. The van der Waals surface area contributed by atoms with Gasteiger partial charge in [-0.25, -0.2) is 0 Å². The first-order chi connectivity index (χ1) is 6.50. The summed E-state index contributed by atoms with van der Waals surface area (Å²) in [6.07, 6.45) is -4.60. The van der Waals surface area contributed by atoms with Crippen molar-refractivity contribution in [3.05, 3.63) is 30.3 Å². The van der Waals surface area contributed by atoms with Gasteiger partial charge in [0, 0.05) is 0 Å². The van der Waals surface area contributed by atoms with E-state index in [4.69, 9.17) is 0 Å². The summed E-state index contributed by atoms with van der Waals surface area (Å²) in [5.41, 5.74) is 7.30. The van der Waals surface area contributed by atoms with E-state index in [1.807, 2.05) is 0 Å². The van der Waals surface area contributed by atoms with E-state index in [2.05, 4.69) is 16.3 Å². The van der Waals surface area contributed by atoms with Crippen LogP contribution in [-0.2, 0) is 0 Å². The maximum atomic E-state index is 11.9. The van der Waals surface area contributed by atoms with E-state index in [0.29, 0.717) is 5.69 Å². The number of para-hydroxylation sites is 1. The van der Waals surface area contributed by atoms with Gasteiger partial charge in [-0.3, -0.25) is 5.43 Å². The molecule has 0 amide bonds. The van der Waals surface area contributed by atoms with Crippen molar-refractivity contribution in [3.63, 3.8) is 0 Å². The lowest BCUT2D eigenvalue weighted by Crippen LogP contribution is -2.32. The topological polar surface area (TPSA) is 50.4 Å². The van der Waals surface area contributed by atoms with Gasteiger partial charge in [0.15, 0.2) is 0 Å². The normalized spacial score (nSPS) is 12.6. The van der Waals surface area contributed by atoms with Crippen LogP contribution in [0.1, 0.15) is 0 Å². The molecule has 3 nitrogen and oxygen atoms in total. The number of hydrogen-bond acceptors (Lipinski definition) is 2. The number of nitrogens with zero attached hydrogens (tertiary/aromatic N) is 1. The first-order valence-corrected chi connectivity index (χ1v) is 3.71. The number of anilines is 1. The number of nitrogens with one attached hydrogen (secondary N) is 1. The summed E-state index contributed by atoms with van der Waals surface area (Å²) < 4.78 is 35.6. The fraction of sp³-hybridized carbons (Fsp3) is 0.125. The van der Waals surface area contributed by atoms with Crippen LogP contribution in [0.25, 0.3) is 0 Å². The predicted octanol–water partition coefficient (Wildman–Crippen LogP) is 1.93. The van der Waals surface area contributed by atoms with Crippen molar-refractivity contribution in [1.82, 2.24) is 0 Å². The van der Waals surface area contributed by atoms with E-state index >= 15 is 0 Å². The minimum Gasteiger partial charge on any atom is -0.378 e. The summed E-state index contributed by atoms with van der Waals surface area (Å²) in [5, 5.41) is 2.99.